The topological polar surface area (TPSA) is 26.1 Å². The van der Waals surface area contributed by atoms with Crippen LogP contribution in [-0.4, -0.2) is 11.0 Å². The van der Waals surface area contributed by atoms with Gasteiger partial charge in [0.25, 0.3) is 0 Å². The van der Waals surface area contributed by atoms with Crippen LogP contribution in [0.2, 0.25) is 0 Å². The van der Waals surface area contributed by atoms with Crippen LogP contribution in [0, 0.1) is 5.21 Å². The summed E-state index contributed by atoms with van der Waals surface area (Å²) in [4.78, 5) is 0. The highest BCUT2D eigenvalue weighted by Gasteiger charge is 2.30. The van der Waals surface area contributed by atoms with Gasteiger partial charge in [-0.05, 0) is 24.6 Å². The van der Waals surface area contributed by atoms with Gasteiger partial charge in [0.05, 0.1) is 11.5 Å². The summed E-state index contributed by atoms with van der Waals surface area (Å²) >= 11 is 0. The predicted molar refractivity (Wildman–Crippen MR) is 79.7 cm³/mol. The summed E-state index contributed by atoms with van der Waals surface area (Å²) in [6.45, 7) is 1.99. The van der Waals surface area contributed by atoms with E-state index >= 15 is 0 Å². The van der Waals surface area contributed by atoms with Crippen LogP contribution < -0.4 is 0 Å². The van der Waals surface area contributed by atoms with Crippen molar-refractivity contribution in [3.63, 3.8) is 0 Å². The van der Waals surface area contributed by atoms with Crippen molar-refractivity contribution in [1.82, 2.24) is 0 Å². The number of benzene rings is 2. The predicted octanol–water partition coefficient (Wildman–Crippen LogP) is 4.59. The van der Waals surface area contributed by atoms with E-state index in [-0.39, 0.29) is 12.5 Å². The van der Waals surface area contributed by atoms with Gasteiger partial charge in [-0.3, -0.25) is 0 Å². The van der Waals surface area contributed by atoms with Gasteiger partial charge in [0.1, 0.15) is 0 Å². The molecule has 0 bridgehead atoms. The maximum Gasteiger partial charge on any atom is 0.416 e. The van der Waals surface area contributed by atoms with Crippen molar-refractivity contribution in [3.8, 4) is 0 Å². The number of hydrogen-bond acceptors (Lipinski definition) is 1. The number of rotatable bonds is 4. The summed E-state index contributed by atoms with van der Waals surface area (Å²) < 4.78 is 38.3. The molecule has 0 aliphatic carbocycles. The Morgan fingerprint density at radius 3 is 2.18 bits per heavy atom. The molecule has 0 fully saturated rings. The van der Waals surface area contributed by atoms with Crippen LogP contribution in [-0.2, 0) is 12.7 Å². The molecule has 5 heteroatoms. The van der Waals surface area contributed by atoms with Crippen LogP contribution in [0.1, 0.15) is 29.5 Å². The fraction of sp³-hybridized carbons (Fsp3) is 0.235. The van der Waals surface area contributed by atoms with Crippen LogP contribution in [0.5, 0.6) is 0 Å². The Morgan fingerprint density at radius 1 is 1.05 bits per heavy atom. The van der Waals surface area contributed by atoms with Gasteiger partial charge in [-0.25, -0.2) is 4.74 Å². The van der Waals surface area contributed by atoms with E-state index in [4.69, 9.17) is 0 Å². The standard InChI is InChI=1S/C17H16F3NO/c1-13(11-21(22)12-14-5-3-2-4-6-14)15-7-9-16(10-8-15)17(18,19)20/h2-11,13H,12H2,1H3. The SMILES string of the molecule is CC(C=[N+]([O-])Cc1ccccc1)c1ccc(C(F)(F)F)cc1. The minimum atomic E-state index is -4.34. The van der Waals surface area contributed by atoms with Gasteiger partial charge in [0.2, 0.25) is 0 Å². The lowest BCUT2D eigenvalue weighted by Crippen LogP contribution is -2.10. The third-order valence-corrected chi connectivity index (χ3v) is 3.33. The van der Waals surface area contributed by atoms with Crippen LogP contribution >= 0.6 is 0 Å². The molecule has 0 N–H and O–H groups in total. The molecule has 0 aliphatic rings. The zero-order valence-electron chi connectivity index (χ0n) is 12.0. The largest absolute Gasteiger partial charge is 0.624 e. The second-order valence-electron chi connectivity index (χ2n) is 5.12. The number of hydroxylamine groups is 1. The number of hydrogen-bond donors (Lipinski definition) is 0. The molecule has 0 spiro atoms. The van der Waals surface area contributed by atoms with E-state index < -0.39 is 11.7 Å². The van der Waals surface area contributed by atoms with Gasteiger partial charge in [0.15, 0.2) is 12.8 Å². The lowest BCUT2D eigenvalue weighted by molar-refractivity contribution is -0.471. The van der Waals surface area contributed by atoms with Crippen LogP contribution in [0.15, 0.2) is 54.6 Å². The lowest BCUT2D eigenvalue weighted by Gasteiger charge is -2.11. The van der Waals surface area contributed by atoms with Crippen molar-refractivity contribution in [2.24, 2.45) is 0 Å². The summed E-state index contributed by atoms with van der Waals surface area (Å²) in [6.07, 6.45) is -2.88. The zero-order valence-corrected chi connectivity index (χ0v) is 12.0. The molecule has 0 heterocycles. The van der Waals surface area contributed by atoms with Crippen molar-refractivity contribution in [1.29, 1.82) is 0 Å². The minimum Gasteiger partial charge on any atom is -0.624 e. The summed E-state index contributed by atoms with van der Waals surface area (Å²) in [7, 11) is 0. The fourth-order valence-electron chi connectivity index (χ4n) is 2.13. The van der Waals surface area contributed by atoms with Crippen molar-refractivity contribution in [2.75, 3.05) is 0 Å². The molecular formula is C17H16F3NO. The third kappa shape index (κ3) is 4.35. The molecule has 1 atom stereocenters. The summed E-state index contributed by atoms with van der Waals surface area (Å²) in [5, 5.41) is 11.9. The molecule has 0 saturated carbocycles. The van der Waals surface area contributed by atoms with Gasteiger partial charge in [-0.1, -0.05) is 42.5 Å². The molecule has 22 heavy (non-hydrogen) atoms. The molecule has 1 unspecified atom stereocenters. The van der Waals surface area contributed by atoms with E-state index in [2.05, 4.69) is 0 Å². The average molecular weight is 307 g/mol. The van der Waals surface area contributed by atoms with E-state index in [0.29, 0.717) is 5.56 Å². The highest BCUT2D eigenvalue weighted by atomic mass is 19.4. The summed E-state index contributed by atoms with van der Waals surface area (Å²) in [5.41, 5.74) is 0.863. The molecule has 0 saturated heterocycles. The molecule has 2 aromatic rings. The highest BCUT2D eigenvalue weighted by Crippen LogP contribution is 2.29. The second kappa shape index (κ2) is 6.64. The maximum atomic E-state index is 12.5. The first-order valence-corrected chi connectivity index (χ1v) is 6.86. The highest BCUT2D eigenvalue weighted by molar-refractivity contribution is 5.62. The summed E-state index contributed by atoms with van der Waals surface area (Å²) in [5.74, 6) is -0.261. The van der Waals surface area contributed by atoms with Gasteiger partial charge < -0.3 is 5.21 Å². The Balaban J connectivity index is 2.07. The van der Waals surface area contributed by atoms with Crippen LogP contribution in [0.3, 0.4) is 0 Å². The second-order valence-corrected chi connectivity index (χ2v) is 5.12. The van der Waals surface area contributed by atoms with Crippen LogP contribution in [0.4, 0.5) is 13.2 Å². The third-order valence-electron chi connectivity index (χ3n) is 3.33. The average Bonchev–Trinajstić information content (AvgIpc) is 2.47. The minimum absolute atomic E-state index is 0.214. The van der Waals surface area contributed by atoms with Gasteiger partial charge in [-0.15, -0.1) is 0 Å². The monoisotopic (exact) mass is 307 g/mol. The Bertz CT molecular complexity index is 633. The first-order valence-electron chi connectivity index (χ1n) is 6.86. The Kier molecular flexibility index (Phi) is 4.85. The van der Waals surface area contributed by atoms with E-state index in [1.54, 1.807) is 6.92 Å². The number of halogens is 3. The molecule has 0 radical (unpaired) electrons. The van der Waals surface area contributed by atoms with E-state index in [0.717, 1.165) is 22.4 Å². The smallest absolute Gasteiger partial charge is 0.416 e. The first-order chi connectivity index (χ1) is 10.4. The molecule has 2 nitrogen and oxygen atoms in total. The number of nitrogens with zero attached hydrogens (tertiary/aromatic N) is 1. The van der Waals surface area contributed by atoms with Crippen molar-refractivity contribution < 1.29 is 17.9 Å². The molecular weight excluding hydrogens is 291 g/mol. The fourth-order valence-corrected chi connectivity index (χ4v) is 2.13. The first kappa shape index (κ1) is 16.1. The zero-order chi connectivity index (χ0) is 16.2. The summed E-state index contributed by atoms with van der Waals surface area (Å²) in [6, 6.07) is 14.1. The Morgan fingerprint density at radius 2 is 1.64 bits per heavy atom. The van der Waals surface area contributed by atoms with Gasteiger partial charge >= 0.3 is 6.18 Å². The normalized spacial score (nSPS) is 13.9. The Hall–Kier alpha value is -2.30. The molecule has 116 valence electrons. The molecule has 0 aromatic heterocycles. The quantitative estimate of drug-likeness (QED) is 0.351. The molecule has 0 aliphatic heterocycles. The molecule has 2 rings (SSSR count). The van der Waals surface area contributed by atoms with Gasteiger partial charge in [0, 0.05) is 5.56 Å². The van der Waals surface area contributed by atoms with Crippen molar-refractivity contribution in [3.05, 3.63) is 76.5 Å². The lowest BCUT2D eigenvalue weighted by atomic mass is 10.0. The van der Waals surface area contributed by atoms with E-state index in [1.807, 2.05) is 30.3 Å². The Labute approximate surface area is 127 Å². The van der Waals surface area contributed by atoms with E-state index in [1.165, 1.54) is 18.3 Å². The van der Waals surface area contributed by atoms with Gasteiger partial charge in [-0.2, -0.15) is 13.2 Å². The van der Waals surface area contributed by atoms with E-state index in [9.17, 15) is 18.4 Å². The van der Waals surface area contributed by atoms with Crippen molar-refractivity contribution >= 4 is 6.21 Å². The molecule has 2 aromatic carbocycles. The van der Waals surface area contributed by atoms with Crippen LogP contribution in [0.25, 0.3) is 0 Å². The number of alkyl halides is 3. The maximum absolute atomic E-state index is 12.5. The van der Waals surface area contributed by atoms with Crippen molar-refractivity contribution in [2.45, 2.75) is 25.6 Å². The molecule has 0 amide bonds.